The number of hydrogen-bond donors (Lipinski definition) is 1. The van der Waals surface area contributed by atoms with E-state index in [0.29, 0.717) is 5.25 Å². The molecule has 0 aliphatic carbocycles. The van der Waals surface area contributed by atoms with Gasteiger partial charge in [-0.1, -0.05) is 26.0 Å². The molecular formula is C14H21NO2S. The molecule has 1 rings (SSSR count). The second-order valence-corrected chi connectivity index (χ2v) is 6.34. The molecule has 4 heteroatoms. The van der Waals surface area contributed by atoms with E-state index in [0.717, 1.165) is 13.0 Å². The van der Waals surface area contributed by atoms with E-state index in [-0.39, 0.29) is 6.54 Å². The summed E-state index contributed by atoms with van der Waals surface area (Å²) in [5.41, 5.74) is 1.25. The number of carboxylic acids is 1. The largest absolute Gasteiger partial charge is 0.480 e. The minimum atomic E-state index is -0.777. The monoisotopic (exact) mass is 267 g/mol. The maximum Gasteiger partial charge on any atom is 0.317 e. The molecule has 0 fully saturated rings. The summed E-state index contributed by atoms with van der Waals surface area (Å²) in [5, 5.41) is 9.25. The van der Waals surface area contributed by atoms with Gasteiger partial charge in [0.2, 0.25) is 0 Å². The highest BCUT2D eigenvalue weighted by atomic mass is 32.2. The second-order valence-electron chi connectivity index (χ2n) is 4.69. The van der Waals surface area contributed by atoms with Gasteiger partial charge in [-0.25, -0.2) is 0 Å². The van der Waals surface area contributed by atoms with Gasteiger partial charge in [-0.05, 0) is 31.2 Å². The molecule has 1 aromatic rings. The number of carboxylic acid groups (broad SMARTS) is 1. The average molecular weight is 267 g/mol. The Hall–Kier alpha value is -1.00. The Morgan fingerprint density at radius 3 is 2.44 bits per heavy atom. The van der Waals surface area contributed by atoms with E-state index >= 15 is 0 Å². The molecule has 0 atom stereocenters. The van der Waals surface area contributed by atoms with Crippen LogP contribution in [0.3, 0.4) is 0 Å². The Morgan fingerprint density at radius 1 is 1.33 bits per heavy atom. The first-order valence-corrected chi connectivity index (χ1v) is 7.01. The van der Waals surface area contributed by atoms with Gasteiger partial charge >= 0.3 is 5.97 Å². The third-order valence-corrected chi connectivity index (χ3v) is 3.50. The molecule has 0 amide bonds. The zero-order valence-corrected chi connectivity index (χ0v) is 12.0. The number of carbonyl (C=O) groups is 1. The minimum Gasteiger partial charge on any atom is -0.480 e. The molecule has 1 aromatic carbocycles. The summed E-state index contributed by atoms with van der Waals surface area (Å²) in [6.07, 6.45) is 0.885. The lowest BCUT2D eigenvalue weighted by Crippen LogP contribution is -2.27. The van der Waals surface area contributed by atoms with Crippen molar-refractivity contribution in [3.63, 3.8) is 0 Å². The standard InChI is InChI=1S/C14H21NO2S/c1-11(2)18-13-6-4-12(5-7-13)8-9-15(3)10-14(16)17/h4-7,11H,8-10H2,1-3H3,(H,16,17). The van der Waals surface area contributed by atoms with Crippen LogP contribution in [-0.4, -0.2) is 41.4 Å². The highest BCUT2D eigenvalue weighted by Crippen LogP contribution is 2.22. The first kappa shape index (κ1) is 15.1. The molecule has 0 radical (unpaired) electrons. The Balaban J connectivity index is 2.41. The van der Waals surface area contributed by atoms with E-state index in [1.165, 1.54) is 10.5 Å². The summed E-state index contributed by atoms with van der Waals surface area (Å²) in [4.78, 5) is 13.6. The summed E-state index contributed by atoms with van der Waals surface area (Å²) < 4.78 is 0. The first-order chi connectivity index (χ1) is 8.47. The van der Waals surface area contributed by atoms with Crippen LogP contribution < -0.4 is 0 Å². The van der Waals surface area contributed by atoms with Crippen LogP contribution in [0.25, 0.3) is 0 Å². The van der Waals surface area contributed by atoms with Gasteiger partial charge in [0.15, 0.2) is 0 Å². The molecule has 1 N–H and O–H groups in total. The third-order valence-electron chi connectivity index (χ3n) is 2.48. The highest BCUT2D eigenvalue weighted by molar-refractivity contribution is 7.99. The Morgan fingerprint density at radius 2 is 1.94 bits per heavy atom. The van der Waals surface area contributed by atoms with Gasteiger partial charge < -0.3 is 5.11 Å². The van der Waals surface area contributed by atoms with Crippen molar-refractivity contribution in [3.05, 3.63) is 29.8 Å². The van der Waals surface area contributed by atoms with Crippen LogP contribution in [0.15, 0.2) is 29.2 Å². The smallest absolute Gasteiger partial charge is 0.317 e. The molecule has 0 spiro atoms. The average Bonchev–Trinajstić information content (AvgIpc) is 2.26. The van der Waals surface area contributed by atoms with E-state index in [1.54, 1.807) is 0 Å². The predicted octanol–water partition coefficient (Wildman–Crippen LogP) is 2.75. The van der Waals surface area contributed by atoms with E-state index in [2.05, 4.69) is 38.1 Å². The lowest BCUT2D eigenvalue weighted by molar-refractivity contribution is -0.137. The number of likely N-dealkylation sites (N-methyl/N-ethyl adjacent to an activating group) is 1. The van der Waals surface area contributed by atoms with E-state index in [4.69, 9.17) is 5.11 Å². The maximum absolute atomic E-state index is 10.5. The van der Waals surface area contributed by atoms with Gasteiger partial charge in [0.25, 0.3) is 0 Å². The number of rotatable bonds is 7. The first-order valence-electron chi connectivity index (χ1n) is 6.13. The maximum atomic E-state index is 10.5. The third kappa shape index (κ3) is 6.07. The van der Waals surface area contributed by atoms with E-state index in [1.807, 2.05) is 23.7 Å². The summed E-state index contributed by atoms with van der Waals surface area (Å²) in [6, 6.07) is 8.52. The van der Waals surface area contributed by atoms with Crippen LogP contribution in [0.1, 0.15) is 19.4 Å². The molecule has 0 aliphatic rings. The number of nitrogens with zero attached hydrogens (tertiary/aromatic N) is 1. The van der Waals surface area contributed by atoms with Crippen molar-refractivity contribution in [3.8, 4) is 0 Å². The van der Waals surface area contributed by atoms with Crippen LogP contribution in [0.5, 0.6) is 0 Å². The molecule has 0 aliphatic heterocycles. The van der Waals surface area contributed by atoms with E-state index < -0.39 is 5.97 Å². The van der Waals surface area contributed by atoms with Crippen LogP contribution in [0.2, 0.25) is 0 Å². The summed E-state index contributed by atoms with van der Waals surface area (Å²) in [7, 11) is 1.83. The molecule has 100 valence electrons. The van der Waals surface area contributed by atoms with Gasteiger partial charge in [0.05, 0.1) is 6.54 Å². The molecule has 18 heavy (non-hydrogen) atoms. The van der Waals surface area contributed by atoms with Crippen molar-refractivity contribution in [1.29, 1.82) is 0 Å². The van der Waals surface area contributed by atoms with Gasteiger partial charge in [-0.3, -0.25) is 9.69 Å². The van der Waals surface area contributed by atoms with Crippen LogP contribution >= 0.6 is 11.8 Å². The fourth-order valence-corrected chi connectivity index (χ4v) is 2.47. The molecule has 3 nitrogen and oxygen atoms in total. The van der Waals surface area contributed by atoms with Crippen molar-refractivity contribution < 1.29 is 9.90 Å². The fourth-order valence-electron chi connectivity index (χ4n) is 1.64. The number of thioether (sulfide) groups is 1. The van der Waals surface area contributed by atoms with Crippen molar-refractivity contribution >= 4 is 17.7 Å². The van der Waals surface area contributed by atoms with Gasteiger partial charge in [0.1, 0.15) is 0 Å². The van der Waals surface area contributed by atoms with Crippen LogP contribution in [0, 0.1) is 0 Å². The fraction of sp³-hybridized carbons (Fsp3) is 0.500. The van der Waals surface area contributed by atoms with Crippen molar-refractivity contribution in [1.82, 2.24) is 4.90 Å². The summed E-state index contributed by atoms with van der Waals surface area (Å²) in [6.45, 7) is 5.23. The summed E-state index contributed by atoms with van der Waals surface area (Å²) >= 11 is 1.85. The minimum absolute atomic E-state index is 0.0985. The van der Waals surface area contributed by atoms with Gasteiger partial charge in [-0.15, -0.1) is 11.8 Å². The predicted molar refractivity (Wildman–Crippen MR) is 76.3 cm³/mol. The molecule has 0 saturated heterocycles. The molecule has 0 saturated carbocycles. The molecule has 0 bridgehead atoms. The molecule has 0 unspecified atom stereocenters. The summed E-state index contributed by atoms with van der Waals surface area (Å²) in [5.74, 6) is -0.777. The van der Waals surface area contributed by atoms with Gasteiger partial charge in [0, 0.05) is 16.7 Å². The Labute approximate surface area is 113 Å². The Kier molecular flexibility index (Phi) is 6.22. The van der Waals surface area contributed by atoms with Crippen LogP contribution in [-0.2, 0) is 11.2 Å². The van der Waals surface area contributed by atoms with Crippen molar-refractivity contribution in [2.45, 2.75) is 30.4 Å². The topological polar surface area (TPSA) is 40.5 Å². The van der Waals surface area contributed by atoms with Gasteiger partial charge in [-0.2, -0.15) is 0 Å². The number of aliphatic carboxylic acids is 1. The highest BCUT2D eigenvalue weighted by Gasteiger charge is 2.04. The quantitative estimate of drug-likeness (QED) is 0.771. The lowest BCUT2D eigenvalue weighted by atomic mass is 10.1. The van der Waals surface area contributed by atoms with E-state index in [9.17, 15) is 4.79 Å². The zero-order valence-electron chi connectivity index (χ0n) is 11.2. The number of hydrogen-bond acceptors (Lipinski definition) is 3. The normalized spacial score (nSPS) is 11.2. The second kappa shape index (κ2) is 7.44. The Bertz CT molecular complexity index is 376. The van der Waals surface area contributed by atoms with Crippen LogP contribution in [0.4, 0.5) is 0 Å². The lowest BCUT2D eigenvalue weighted by Gasteiger charge is -2.13. The zero-order chi connectivity index (χ0) is 13.5. The SMILES string of the molecule is CC(C)Sc1ccc(CCN(C)CC(=O)O)cc1. The van der Waals surface area contributed by atoms with Crippen molar-refractivity contribution in [2.75, 3.05) is 20.1 Å². The molecular weight excluding hydrogens is 246 g/mol. The number of benzene rings is 1. The molecule has 0 heterocycles. The molecule has 0 aromatic heterocycles. The van der Waals surface area contributed by atoms with Crippen molar-refractivity contribution in [2.24, 2.45) is 0 Å².